The van der Waals surface area contributed by atoms with Crippen molar-refractivity contribution in [3.05, 3.63) is 66.1 Å². The van der Waals surface area contributed by atoms with Gasteiger partial charge in [0.2, 0.25) is 0 Å². The molecule has 0 fully saturated rings. The van der Waals surface area contributed by atoms with Crippen molar-refractivity contribution >= 4 is 16.6 Å². The molecule has 5 nitrogen and oxygen atoms in total. The highest BCUT2D eigenvalue weighted by molar-refractivity contribution is 6.13. The number of hydrogen-bond acceptors (Lipinski definition) is 4. The fourth-order valence-electron chi connectivity index (χ4n) is 2.46. The molecule has 0 saturated carbocycles. The van der Waals surface area contributed by atoms with Gasteiger partial charge >= 0.3 is 0 Å². The minimum Gasteiger partial charge on any atom is -0.394 e. The quantitative estimate of drug-likeness (QED) is 0.398. The van der Waals surface area contributed by atoms with Crippen molar-refractivity contribution in [2.45, 2.75) is 19.9 Å². The Morgan fingerprint density at radius 1 is 1.25 bits per heavy atom. The number of H-pyrrole nitrogens is 1. The first kappa shape index (κ1) is 16.2. The number of nitrogens with zero attached hydrogens (tertiary/aromatic N) is 2. The van der Waals surface area contributed by atoms with Crippen molar-refractivity contribution in [3.8, 4) is 0 Å². The third-order valence-electron chi connectivity index (χ3n) is 3.63. The zero-order chi connectivity index (χ0) is 16.8. The van der Waals surface area contributed by atoms with Crippen LogP contribution in [0.2, 0.25) is 0 Å². The maximum absolute atomic E-state index is 5.54. The highest BCUT2D eigenvalue weighted by atomic mass is 16.6. The monoisotopic (exact) mass is 322 g/mol. The van der Waals surface area contributed by atoms with Gasteiger partial charge in [0.05, 0.1) is 17.4 Å². The van der Waals surface area contributed by atoms with E-state index in [4.69, 9.17) is 4.84 Å². The number of nitrogens with one attached hydrogen (secondary N) is 2. The van der Waals surface area contributed by atoms with Crippen LogP contribution in [0.4, 0.5) is 0 Å². The van der Waals surface area contributed by atoms with Gasteiger partial charge in [-0.3, -0.25) is 4.98 Å². The first-order valence-corrected chi connectivity index (χ1v) is 8.16. The lowest BCUT2D eigenvalue weighted by molar-refractivity contribution is 0.145. The Morgan fingerprint density at radius 2 is 2.08 bits per heavy atom. The van der Waals surface area contributed by atoms with Crippen LogP contribution in [-0.4, -0.2) is 34.9 Å². The first-order chi connectivity index (χ1) is 11.7. The van der Waals surface area contributed by atoms with Gasteiger partial charge in [-0.25, -0.2) is 0 Å². The smallest absolute Gasteiger partial charge is 0.133 e. The van der Waals surface area contributed by atoms with Crippen molar-refractivity contribution in [1.29, 1.82) is 0 Å². The fraction of sp³-hybridized carbons (Fsp3) is 0.263. The molecule has 3 aromatic rings. The molecular weight excluding hydrogens is 300 g/mol. The second-order valence-corrected chi connectivity index (χ2v) is 5.89. The van der Waals surface area contributed by atoms with Crippen LogP contribution < -0.4 is 5.32 Å². The molecule has 0 amide bonds. The SMILES string of the molecule is CC(C)NCCO/N=C(\c1ccccc1)c1cc2ccncc2[nH]1. The molecule has 0 unspecified atom stereocenters. The molecule has 2 N–H and O–H groups in total. The topological polar surface area (TPSA) is 62.3 Å². The van der Waals surface area contributed by atoms with E-state index in [1.165, 1.54) is 0 Å². The number of oxime groups is 1. The van der Waals surface area contributed by atoms with E-state index in [1.54, 1.807) is 6.20 Å². The van der Waals surface area contributed by atoms with Crippen LogP contribution in [-0.2, 0) is 4.84 Å². The first-order valence-electron chi connectivity index (χ1n) is 8.16. The second kappa shape index (κ2) is 7.75. The Morgan fingerprint density at radius 3 is 2.83 bits per heavy atom. The lowest BCUT2D eigenvalue weighted by Gasteiger charge is -2.08. The van der Waals surface area contributed by atoms with E-state index < -0.39 is 0 Å². The van der Waals surface area contributed by atoms with Crippen LogP contribution in [0.15, 0.2) is 60.0 Å². The number of hydrogen-bond donors (Lipinski definition) is 2. The summed E-state index contributed by atoms with van der Waals surface area (Å²) in [4.78, 5) is 13.1. The predicted octanol–water partition coefficient (Wildman–Crippen LogP) is 3.33. The average molecular weight is 322 g/mol. The molecule has 2 heterocycles. The van der Waals surface area contributed by atoms with Gasteiger partial charge in [0.25, 0.3) is 0 Å². The lowest BCUT2D eigenvalue weighted by atomic mass is 10.1. The Kier molecular flexibility index (Phi) is 5.23. The summed E-state index contributed by atoms with van der Waals surface area (Å²) in [6.45, 7) is 5.50. The van der Waals surface area contributed by atoms with Crippen LogP contribution in [0.1, 0.15) is 25.1 Å². The van der Waals surface area contributed by atoms with Crippen LogP contribution >= 0.6 is 0 Å². The van der Waals surface area contributed by atoms with Crippen molar-refractivity contribution in [2.75, 3.05) is 13.2 Å². The number of pyridine rings is 1. The third kappa shape index (κ3) is 4.00. The summed E-state index contributed by atoms with van der Waals surface area (Å²) in [5, 5.41) is 8.79. The molecule has 0 aliphatic carbocycles. The summed E-state index contributed by atoms with van der Waals surface area (Å²) < 4.78 is 0. The summed E-state index contributed by atoms with van der Waals surface area (Å²) in [5.74, 6) is 0. The Labute approximate surface area is 141 Å². The lowest BCUT2D eigenvalue weighted by Crippen LogP contribution is -2.26. The summed E-state index contributed by atoms with van der Waals surface area (Å²) in [6, 6.07) is 14.5. The Hall–Kier alpha value is -2.66. The Balaban J connectivity index is 1.85. The van der Waals surface area contributed by atoms with Gasteiger partial charge in [0, 0.05) is 29.7 Å². The number of fused-ring (bicyclic) bond motifs is 1. The second-order valence-electron chi connectivity index (χ2n) is 5.89. The van der Waals surface area contributed by atoms with Crippen molar-refractivity contribution < 1.29 is 4.84 Å². The molecule has 1 aromatic carbocycles. The fourth-order valence-corrected chi connectivity index (χ4v) is 2.46. The summed E-state index contributed by atoms with van der Waals surface area (Å²) in [6.07, 6.45) is 3.60. The molecule has 0 spiro atoms. The van der Waals surface area contributed by atoms with E-state index in [9.17, 15) is 0 Å². The van der Waals surface area contributed by atoms with E-state index in [0.29, 0.717) is 12.6 Å². The maximum Gasteiger partial charge on any atom is 0.133 e. The molecular formula is C19H22N4O. The van der Waals surface area contributed by atoms with E-state index in [2.05, 4.69) is 40.4 Å². The van der Waals surface area contributed by atoms with Gasteiger partial charge in [-0.05, 0) is 12.1 Å². The van der Waals surface area contributed by atoms with Gasteiger partial charge in [0.1, 0.15) is 12.3 Å². The van der Waals surface area contributed by atoms with Gasteiger partial charge in [0.15, 0.2) is 0 Å². The number of benzene rings is 1. The minimum atomic E-state index is 0.437. The highest BCUT2D eigenvalue weighted by Crippen LogP contribution is 2.17. The number of rotatable bonds is 7. The highest BCUT2D eigenvalue weighted by Gasteiger charge is 2.11. The van der Waals surface area contributed by atoms with Crippen molar-refractivity contribution in [2.24, 2.45) is 5.16 Å². The number of aromatic nitrogens is 2. The number of aromatic amines is 1. The third-order valence-corrected chi connectivity index (χ3v) is 3.63. The Bertz CT molecular complexity index is 775. The normalized spacial score (nSPS) is 12.0. The van der Waals surface area contributed by atoms with Gasteiger partial charge in [-0.15, -0.1) is 0 Å². The molecule has 2 aromatic heterocycles. The van der Waals surface area contributed by atoms with Crippen molar-refractivity contribution in [1.82, 2.24) is 15.3 Å². The van der Waals surface area contributed by atoms with E-state index in [-0.39, 0.29) is 0 Å². The predicted molar refractivity (Wildman–Crippen MR) is 97.3 cm³/mol. The van der Waals surface area contributed by atoms with Crippen LogP contribution in [0.5, 0.6) is 0 Å². The van der Waals surface area contributed by atoms with Gasteiger partial charge in [-0.2, -0.15) is 0 Å². The summed E-state index contributed by atoms with van der Waals surface area (Å²) in [5.41, 5.74) is 3.70. The molecule has 0 bridgehead atoms. The molecule has 0 atom stereocenters. The molecule has 5 heteroatoms. The van der Waals surface area contributed by atoms with Gasteiger partial charge in [-0.1, -0.05) is 49.3 Å². The van der Waals surface area contributed by atoms with Gasteiger partial charge < -0.3 is 15.1 Å². The molecule has 24 heavy (non-hydrogen) atoms. The van der Waals surface area contributed by atoms with E-state index in [0.717, 1.165) is 34.4 Å². The molecule has 3 rings (SSSR count). The van der Waals surface area contributed by atoms with Crippen LogP contribution in [0.25, 0.3) is 10.9 Å². The van der Waals surface area contributed by atoms with Crippen molar-refractivity contribution in [3.63, 3.8) is 0 Å². The average Bonchev–Trinajstić information content (AvgIpc) is 3.02. The van der Waals surface area contributed by atoms with E-state index in [1.807, 2.05) is 42.6 Å². The van der Waals surface area contributed by atoms with E-state index >= 15 is 0 Å². The molecule has 0 saturated heterocycles. The molecule has 0 radical (unpaired) electrons. The van der Waals surface area contributed by atoms with Crippen LogP contribution in [0, 0.1) is 0 Å². The largest absolute Gasteiger partial charge is 0.394 e. The maximum atomic E-state index is 5.54. The molecule has 0 aliphatic heterocycles. The molecule has 0 aliphatic rings. The van der Waals surface area contributed by atoms with Crippen LogP contribution in [0.3, 0.4) is 0 Å². The zero-order valence-corrected chi connectivity index (χ0v) is 14.0. The molecule has 124 valence electrons. The zero-order valence-electron chi connectivity index (χ0n) is 14.0. The summed E-state index contributed by atoms with van der Waals surface area (Å²) in [7, 11) is 0. The minimum absolute atomic E-state index is 0.437. The summed E-state index contributed by atoms with van der Waals surface area (Å²) >= 11 is 0. The standard InChI is InChI=1S/C19H22N4O/c1-14(2)21-10-11-24-23-19(15-6-4-3-5-7-15)17-12-16-8-9-20-13-18(16)22-17/h3-9,12-14,21-22H,10-11H2,1-2H3/b23-19+.